The summed E-state index contributed by atoms with van der Waals surface area (Å²) in [6.07, 6.45) is 0.308. The molecular weight excluding hydrogens is 448 g/mol. The van der Waals surface area contributed by atoms with Gasteiger partial charge in [0, 0.05) is 32.4 Å². The summed E-state index contributed by atoms with van der Waals surface area (Å²) in [7, 11) is -6.08. The van der Waals surface area contributed by atoms with Gasteiger partial charge in [0.2, 0.25) is 5.79 Å². The third-order valence-electron chi connectivity index (χ3n) is 3.99. The highest BCUT2D eigenvalue weighted by molar-refractivity contribution is 7.88. The Labute approximate surface area is 174 Å². The molecule has 0 aromatic heterocycles. The summed E-state index contributed by atoms with van der Waals surface area (Å²) in [5.41, 5.74) is -5.63. The number of hydrogen-bond donors (Lipinski definition) is 0. The van der Waals surface area contributed by atoms with Crippen LogP contribution in [-0.2, 0) is 21.3 Å². The highest BCUT2D eigenvalue weighted by Crippen LogP contribution is 2.42. The third-order valence-corrected chi connectivity index (χ3v) is 4.96. The number of halogens is 4. The van der Waals surface area contributed by atoms with E-state index in [1.807, 2.05) is 0 Å². The van der Waals surface area contributed by atoms with E-state index in [9.17, 15) is 30.8 Å². The number of rotatable bonds is 6. The molecule has 0 aliphatic carbocycles. The molecule has 0 N–H and O–H groups in total. The topological polar surface area (TPSA) is 88.1 Å². The Balaban J connectivity index is 1.91. The summed E-state index contributed by atoms with van der Waals surface area (Å²) in [6, 6.07) is 7.58. The normalized spacial score (nSPS) is 15.5. The second kappa shape index (κ2) is 7.91. The van der Waals surface area contributed by atoms with Gasteiger partial charge in [-0.2, -0.15) is 21.6 Å². The molecule has 0 saturated heterocycles. The fraction of sp³-hybridized carbons (Fsp3) is 0.316. The van der Waals surface area contributed by atoms with E-state index in [1.165, 1.54) is 44.2 Å². The summed E-state index contributed by atoms with van der Waals surface area (Å²) < 4.78 is 94.2. The first-order chi connectivity index (χ1) is 14.3. The molecule has 0 spiro atoms. The quantitative estimate of drug-likeness (QED) is 0.277. The fourth-order valence-electron chi connectivity index (χ4n) is 2.66. The van der Waals surface area contributed by atoms with E-state index in [4.69, 9.17) is 14.2 Å². The van der Waals surface area contributed by atoms with E-state index in [1.54, 1.807) is 0 Å². The second-order valence-electron chi connectivity index (χ2n) is 6.89. The van der Waals surface area contributed by atoms with Gasteiger partial charge in [0.05, 0.1) is 6.61 Å². The molecule has 1 aliphatic heterocycles. The molecule has 2 aromatic carbocycles. The molecule has 0 unspecified atom stereocenters. The zero-order valence-electron chi connectivity index (χ0n) is 16.2. The van der Waals surface area contributed by atoms with E-state index >= 15 is 0 Å². The van der Waals surface area contributed by atoms with Gasteiger partial charge in [0.25, 0.3) is 0 Å². The number of carbonyl (C=O) groups excluding carboxylic acids is 1. The maximum Gasteiger partial charge on any atom is 0.534 e. The molecule has 0 saturated carbocycles. The van der Waals surface area contributed by atoms with Crippen LogP contribution in [0.5, 0.6) is 17.2 Å². The highest BCUT2D eigenvalue weighted by atomic mass is 32.2. The van der Waals surface area contributed by atoms with Crippen LogP contribution in [0.2, 0.25) is 0 Å². The predicted octanol–water partition coefficient (Wildman–Crippen LogP) is 3.96. The average Bonchev–Trinajstić information content (AvgIpc) is 2.60. The maximum atomic E-state index is 13.0. The Kier molecular flexibility index (Phi) is 5.78. The van der Waals surface area contributed by atoms with Gasteiger partial charge in [-0.25, -0.2) is 9.18 Å². The van der Waals surface area contributed by atoms with Crippen molar-refractivity contribution in [2.75, 3.05) is 6.61 Å². The van der Waals surface area contributed by atoms with Crippen LogP contribution in [0, 0.1) is 5.82 Å². The molecule has 0 bridgehead atoms. The van der Waals surface area contributed by atoms with Crippen molar-refractivity contribution in [3.63, 3.8) is 0 Å². The van der Waals surface area contributed by atoms with Crippen molar-refractivity contribution in [2.45, 2.75) is 31.6 Å². The average molecular weight is 464 g/mol. The number of ether oxygens (including phenoxy) is 3. The molecule has 3 rings (SSSR count). The number of fused-ring (bicyclic) bond motifs is 1. The lowest BCUT2D eigenvalue weighted by Gasteiger charge is -2.32. The lowest BCUT2D eigenvalue weighted by molar-refractivity contribution is -0.127. The summed E-state index contributed by atoms with van der Waals surface area (Å²) in [6.45, 7) is 2.76. The number of cyclic esters (lactones) is 1. The van der Waals surface area contributed by atoms with Gasteiger partial charge in [-0.05, 0) is 17.7 Å². The molecule has 12 heteroatoms. The first kappa shape index (κ1) is 22.7. The number of benzene rings is 2. The van der Waals surface area contributed by atoms with Crippen LogP contribution in [0.1, 0.15) is 29.8 Å². The first-order valence-electron chi connectivity index (χ1n) is 8.76. The molecule has 7 nitrogen and oxygen atoms in total. The summed E-state index contributed by atoms with van der Waals surface area (Å²) in [5.74, 6) is -4.34. The molecule has 0 atom stereocenters. The van der Waals surface area contributed by atoms with Crippen LogP contribution in [0.25, 0.3) is 0 Å². The summed E-state index contributed by atoms with van der Waals surface area (Å²) in [5, 5.41) is 0. The van der Waals surface area contributed by atoms with Crippen molar-refractivity contribution < 1.29 is 49.2 Å². The van der Waals surface area contributed by atoms with Crippen molar-refractivity contribution in [1.29, 1.82) is 0 Å². The van der Waals surface area contributed by atoms with E-state index in [0.29, 0.717) is 6.42 Å². The molecule has 0 fully saturated rings. The van der Waals surface area contributed by atoms with Crippen LogP contribution in [0.3, 0.4) is 0 Å². The largest absolute Gasteiger partial charge is 0.534 e. The van der Waals surface area contributed by atoms with Crippen LogP contribution < -0.4 is 13.7 Å². The smallest absolute Gasteiger partial charge is 0.493 e. The van der Waals surface area contributed by atoms with Crippen molar-refractivity contribution >= 4 is 16.1 Å². The molecular formula is C19H16F4O7S. The van der Waals surface area contributed by atoms with Gasteiger partial charge in [-0.3, -0.25) is 0 Å². The first-order valence-corrected chi connectivity index (χ1v) is 10.2. The number of carbonyl (C=O) groups is 1. The molecule has 2 aromatic rings. The Bertz CT molecular complexity index is 1090. The number of esters is 1. The molecule has 0 amide bonds. The maximum absolute atomic E-state index is 13.0. The van der Waals surface area contributed by atoms with E-state index in [0.717, 1.165) is 11.6 Å². The number of hydrogen-bond acceptors (Lipinski definition) is 7. The Morgan fingerprint density at radius 3 is 2.32 bits per heavy atom. The predicted molar refractivity (Wildman–Crippen MR) is 97.8 cm³/mol. The van der Waals surface area contributed by atoms with Gasteiger partial charge >= 0.3 is 21.6 Å². The lowest BCUT2D eigenvalue weighted by Crippen LogP contribution is -2.39. The van der Waals surface area contributed by atoms with E-state index in [-0.39, 0.29) is 18.1 Å². The minimum Gasteiger partial charge on any atom is -0.493 e. The fourth-order valence-corrected chi connectivity index (χ4v) is 3.12. The lowest BCUT2D eigenvalue weighted by atomic mass is 10.1. The van der Waals surface area contributed by atoms with Gasteiger partial charge < -0.3 is 18.4 Å². The van der Waals surface area contributed by atoms with Gasteiger partial charge in [0.1, 0.15) is 22.9 Å². The molecule has 0 radical (unpaired) electrons. The SMILES string of the molecule is CC1(C)OC(=O)c2c(cc(OCCc3ccc(F)cc3)cc2OS(=O)(=O)C(F)(F)F)O1. The minimum absolute atomic E-state index is 0.00369. The van der Waals surface area contributed by atoms with Crippen molar-refractivity contribution in [2.24, 2.45) is 0 Å². The zero-order valence-corrected chi connectivity index (χ0v) is 17.0. The number of alkyl halides is 3. The summed E-state index contributed by atoms with van der Waals surface area (Å²) >= 11 is 0. The van der Waals surface area contributed by atoms with Crippen LogP contribution in [0.15, 0.2) is 36.4 Å². The Morgan fingerprint density at radius 2 is 1.71 bits per heavy atom. The van der Waals surface area contributed by atoms with Crippen LogP contribution in [0.4, 0.5) is 17.6 Å². The van der Waals surface area contributed by atoms with Gasteiger partial charge in [-0.1, -0.05) is 12.1 Å². The second-order valence-corrected chi connectivity index (χ2v) is 8.43. The molecule has 1 aliphatic rings. The van der Waals surface area contributed by atoms with Crippen molar-refractivity contribution in [3.8, 4) is 17.2 Å². The molecule has 168 valence electrons. The van der Waals surface area contributed by atoms with Crippen molar-refractivity contribution in [1.82, 2.24) is 0 Å². The van der Waals surface area contributed by atoms with Gasteiger partial charge in [-0.15, -0.1) is 0 Å². The van der Waals surface area contributed by atoms with Crippen molar-refractivity contribution in [3.05, 3.63) is 53.3 Å². The minimum atomic E-state index is -6.08. The monoisotopic (exact) mass is 464 g/mol. The highest BCUT2D eigenvalue weighted by Gasteiger charge is 2.49. The van der Waals surface area contributed by atoms with E-state index in [2.05, 4.69) is 4.18 Å². The van der Waals surface area contributed by atoms with E-state index < -0.39 is 44.5 Å². The third kappa shape index (κ3) is 5.19. The Morgan fingerprint density at radius 1 is 1.06 bits per heavy atom. The summed E-state index contributed by atoms with van der Waals surface area (Å²) in [4.78, 5) is 12.3. The van der Waals surface area contributed by atoms with Crippen LogP contribution in [-0.4, -0.2) is 32.3 Å². The molecule has 1 heterocycles. The van der Waals surface area contributed by atoms with Crippen LogP contribution >= 0.6 is 0 Å². The molecule has 31 heavy (non-hydrogen) atoms. The zero-order chi connectivity index (χ0) is 23.0. The Hall–Kier alpha value is -3.02. The standard InChI is InChI=1S/C19H16F4O7S/c1-18(2)28-14-9-13(27-8-7-11-3-5-12(20)6-4-11)10-15(16(14)17(24)29-18)30-31(25,26)19(21,22)23/h3-6,9-10H,7-8H2,1-2H3. The van der Waals surface area contributed by atoms with Gasteiger partial charge in [0.15, 0.2) is 5.75 Å².